The highest BCUT2D eigenvalue weighted by Crippen LogP contribution is 2.38. The van der Waals surface area contributed by atoms with Crippen molar-refractivity contribution < 1.29 is 37.7 Å². The van der Waals surface area contributed by atoms with Gasteiger partial charge in [-0.3, -0.25) is 19.0 Å². The van der Waals surface area contributed by atoms with Crippen LogP contribution in [0.4, 0.5) is 4.39 Å². The van der Waals surface area contributed by atoms with Crippen molar-refractivity contribution in [2.45, 2.75) is 83.3 Å². The molecular weight excluding hydrogens is 451 g/mol. The highest BCUT2D eigenvalue weighted by atomic mass is 19.1. The zero-order valence-electron chi connectivity index (χ0n) is 19.2. The van der Waals surface area contributed by atoms with E-state index in [9.17, 15) is 18.8 Å². The number of ether oxygens (including phenoxy) is 4. The maximum absolute atomic E-state index is 14.5. The van der Waals surface area contributed by atoms with Crippen molar-refractivity contribution in [2.75, 3.05) is 6.61 Å². The summed E-state index contributed by atoms with van der Waals surface area (Å²) in [6.07, 6.45) is 1.26. The number of hydrogen-bond acceptors (Lipinski definition) is 10. The molecule has 2 aliphatic rings. The standard InChI is InChI=1S/C22H27FN4O7/c1-11(28)31-9-15-18(32-12(2)29)19(33-13(3)30)21(34-15)27-10-24-17-16(14-7-5-4-6-8-14)25-22(23)26-20(17)27/h10,14-15,18-19,21H,4-9H2,1-3H3/t15-,18+,19+,21?/m0/s1. The van der Waals surface area contributed by atoms with E-state index in [1.165, 1.54) is 31.7 Å². The Hall–Kier alpha value is -3.15. The molecule has 0 bridgehead atoms. The molecule has 184 valence electrons. The number of halogens is 1. The van der Waals surface area contributed by atoms with Crippen molar-refractivity contribution in [2.24, 2.45) is 0 Å². The topological polar surface area (TPSA) is 132 Å². The molecule has 0 radical (unpaired) electrons. The number of aromatic nitrogens is 4. The molecule has 1 saturated heterocycles. The van der Waals surface area contributed by atoms with E-state index in [-0.39, 0.29) is 18.2 Å². The quantitative estimate of drug-likeness (QED) is 0.346. The van der Waals surface area contributed by atoms with Gasteiger partial charge < -0.3 is 18.9 Å². The lowest BCUT2D eigenvalue weighted by Gasteiger charge is -2.24. The van der Waals surface area contributed by atoms with Crippen molar-refractivity contribution in [1.82, 2.24) is 19.5 Å². The van der Waals surface area contributed by atoms with Gasteiger partial charge in [-0.2, -0.15) is 9.37 Å². The van der Waals surface area contributed by atoms with Gasteiger partial charge in [0.25, 0.3) is 0 Å². The molecule has 2 aromatic heterocycles. The molecule has 1 saturated carbocycles. The number of carbonyl (C=O) groups excluding carboxylic acids is 3. The number of esters is 3. The molecule has 2 aromatic rings. The third kappa shape index (κ3) is 5.01. The first-order chi connectivity index (χ1) is 16.2. The summed E-state index contributed by atoms with van der Waals surface area (Å²) in [5.74, 6) is -1.77. The van der Waals surface area contributed by atoms with Gasteiger partial charge in [-0.25, -0.2) is 9.97 Å². The number of rotatable bonds is 6. The van der Waals surface area contributed by atoms with E-state index in [1.54, 1.807) is 0 Å². The van der Waals surface area contributed by atoms with Crippen molar-refractivity contribution in [1.29, 1.82) is 0 Å². The summed E-state index contributed by atoms with van der Waals surface area (Å²) in [5, 5.41) is 0. The Bertz CT molecular complexity index is 1080. The second-order valence-corrected chi connectivity index (χ2v) is 8.55. The van der Waals surface area contributed by atoms with E-state index in [4.69, 9.17) is 18.9 Å². The first kappa shape index (κ1) is 24.0. The average Bonchev–Trinajstić information content (AvgIpc) is 3.33. The fraction of sp³-hybridized carbons (Fsp3) is 0.636. The van der Waals surface area contributed by atoms with E-state index in [1.807, 2.05) is 0 Å². The van der Waals surface area contributed by atoms with Crippen LogP contribution in [0.3, 0.4) is 0 Å². The van der Waals surface area contributed by atoms with Crippen LogP contribution >= 0.6 is 0 Å². The Morgan fingerprint density at radius 2 is 1.71 bits per heavy atom. The first-order valence-corrected chi connectivity index (χ1v) is 11.3. The number of fused-ring (bicyclic) bond motifs is 1. The molecule has 1 unspecified atom stereocenters. The summed E-state index contributed by atoms with van der Waals surface area (Å²) in [4.78, 5) is 47.4. The minimum atomic E-state index is -1.12. The lowest BCUT2D eigenvalue weighted by Crippen LogP contribution is -2.40. The second-order valence-electron chi connectivity index (χ2n) is 8.55. The van der Waals surface area contributed by atoms with Crippen molar-refractivity contribution >= 4 is 29.1 Å². The summed E-state index contributed by atoms with van der Waals surface area (Å²) in [5.41, 5.74) is 1.15. The molecule has 0 N–H and O–H groups in total. The molecule has 3 heterocycles. The van der Waals surface area contributed by atoms with Gasteiger partial charge in [0.05, 0.1) is 12.0 Å². The van der Waals surface area contributed by atoms with Gasteiger partial charge in [0.15, 0.2) is 24.1 Å². The monoisotopic (exact) mass is 478 g/mol. The molecule has 1 aliphatic carbocycles. The first-order valence-electron chi connectivity index (χ1n) is 11.3. The van der Waals surface area contributed by atoms with Crippen LogP contribution in [-0.2, 0) is 33.3 Å². The molecule has 12 heteroatoms. The molecule has 4 atom stereocenters. The van der Waals surface area contributed by atoms with E-state index >= 15 is 0 Å². The maximum Gasteiger partial charge on any atom is 0.310 e. The molecule has 1 aliphatic heterocycles. The lowest BCUT2D eigenvalue weighted by atomic mass is 9.86. The Kier molecular flexibility index (Phi) is 7.05. The van der Waals surface area contributed by atoms with Crippen LogP contribution < -0.4 is 0 Å². The predicted molar refractivity (Wildman–Crippen MR) is 113 cm³/mol. The van der Waals surface area contributed by atoms with Gasteiger partial charge in [0.2, 0.25) is 0 Å². The van der Waals surface area contributed by atoms with Gasteiger partial charge in [0.1, 0.15) is 18.2 Å². The Labute approximate surface area is 194 Å². The van der Waals surface area contributed by atoms with Gasteiger partial charge >= 0.3 is 24.0 Å². The maximum atomic E-state index is 14.5. The molecule has 4 rings (SSSR count). The highest BCUT2D eigenvalue weighted by molar-refractivity contribution is 5.74. The van der Waals surface area contributed by atoms with Crippen LogP contribution in [0.2, 0.25) is 0 Å². The Morgan fingerprint density at radius 1 is 1.03 bits per heavy atom. The SMILES string of the molecule is CC(=O)OC[C@@H]1OC(n2cnc3c(C4CCCCC4)nc(F)nc32)[C@H](OC(C)=O)[C@@H]1OC(C)=O. The zero-order chi connectivity index (χ0) is 24.4. The number of imidazole rings is 1. The third-order valence-corrected chi connectivity index (χ3v) is 6.03. The van der Waals surface area contributed by atoms with E-state index in [0.717, 1.165) is 32.1 Å². The minimum absolute atomic E-state index is 0.0661. The van der Waals surface area contributed by atoms with Gasteiger partial charge in [-0.15, -0.1) is 0 Å². The fourth-order valence-electron chi connectivity index (χ4n) is 4.67. The summed E-state index contributed by atoms with van der Waals surface area (Å²) in [6, 6.07) is 0. The molecule has 0 aromatic carbocycles. The molecular formula is C22H27FN4O7. The smallest absolute Gasteiger partial charge is 0.310 e. The molecule has 34 heavy (non-hydrogen) atoms. The summed E-state index contributed by atoms with van der Waals surface area (Å²) in [6.45, 7) is 3.39. The summed E-state index contributed by atoms with van der Waals surface area (Å²) < 4.78 is 37.9. The van der Waals surface area contributed by atoms with E-state index in [0.29, 0.717) is 11.2 Å². The number of carbonyl (C=O) groups is 3. The van der Waals surface area contributed by atoms with Crippen molar-refractivity contribution in [3.63, 3.8) is 0 Å². The van der Waals surface area contributed by atoms with Gasteiger partial charge in [-0.1, -0.05) is 19.3 Å². The molecule has 0 amide bonds. The predicted octanol–water partition coefficient (Wildman–Crippen LogP) is 2.34. The number of hydrogen-bond donors (Lipinski definition) is 0. The largest absolute Gasteiger partial charge is 0.463 e. The lowest BCUT2D eigenvalue weighted by molar-refractivity contribution is -0.166. The van der Waals surface area contributed by atoms with Crippen LogP contribution in [0.15, 0.2) is 6.33 Å². The van der Waals surface area contributed by atoms with Crippen LogP contribution in [0, 0.1) is 6.08 Å². The summed E-state index contributed by atoms with van der Waals surface area (Å²) in [7, 11) is 0. The van der Waals surface area contributed by atoms with Crippen LogP contribution in [-0.4, -0.2) is 62.3 Å². The Balaban J connectivity index is 1.75. The van der Waals surface area contributed by atoms with Crippen molar-refractivity contribution in [3.05, 3.63) is 18.1 Å². The third-order valence-electron chi connectivity index (χ3n) is 6.03. The van der Waals surface area contributed by atoms with E-state index in [2.05, 4.69) is 15.0 Å². The van der Waals surface area contributed by atoms with Crippen LogP contribution in [0.5, 0.6) is 0 Å². The normalized spacial score (nSPS) is 25.3. The van der Waals surface area contributed by atoms with Crippen LogP contribution in [0.25, 0.3) is 11.2 Å². The fourth-order valence-corrected chi connectivity index (χ4v) is 4.67. The molecule has 0 spiro atoms. The molecule has 11 nitrogen and oxygen atoms in total. The zero-order valence-corrected chi connectivity index (χ0v) is 19.2. The van der Waals surface area contributed by atoms with E-state index < -0.39 is 48.5 Å². The summed E-state index contributed by atoms with van der Waals surface area (Å²) >= 11 is 0. The second kappa shape index (κ2) is 10.00. The molecule has 2 fully saturated rings. The average molecular weight is 478 g/mol. The minimum Gasteiger partial charge on any atom is -0.463 e. The Morgan fingerprint density at radius 3 is 2.35 bits per heavy atom. The van der Waals surface area contributed by atoms with Crippen molar-refractivity contribution in [3.8, 4) is 0 Å². The van der Waals surface area contributed by atoms with Gasteiger partial charge in [-0.05, 0) is 12.8 Å². The highest BCUT2D eigenvalue weighted by Gasteiger charge is 2.51. The van der Waals surface area contributed by atoms with Crippen LogP contribution in [0.1, 0.15) is 70.7 Å². The number of nitrogens with zero attached hydrogens (tertiary/aromatic N) is 4. The van der Waals surface area contributed by atoms with Gasteiger partial charge in [0, 0.05) is 26.7 Å².